The van der Waals surface area contributed by atoms with Crippen LogP contribution in [0.5, 0.6) is 0 Å². The highest BCUT2D eigenvalue weighted by atomic mass is 19.1. The summed E-state index contributed by atoms with van der Waals surface area (Å²) < 4.78 is 14.7. The molecule has 21 heavy (non-hydrogen) atoms. The number of nitrogens with zero attached hydrogens (tertiary/aromatic N) is 4. The minimum Gasteiger partial charge on any atom is -0.334 e. The predicted octanol–water partition coefficient (Wildman–Crippen LogP) is 2.14. The standard InChI is InChI=1S/C15H13FN4O/c1-19(15(21)11-5-7-12(16)8-6-11)10-14-18-17-13-4-2-3-9-20(13)14/h2-9H,10H2,1H3. The first kappa shape index (κ1) is 13.2. The van der Waals surface area contributed by atoms with Crippen molar-refractivity contribution in [2.24, 2.45) is 0 Å². The van der Waals surface area contributed by atoms with Crippen molar-refractivity contribution in [3.05, 3.63) is 65.9 Å². The third kappa shape index (κ3) is 2.60. The van der Waals surface area contributed by atoms with Gasteiger partial charge in [-0.3, -0.25) is 9.20 Å². The van der Waals surface area contributed by atoms with Crippen molar-refractivity contribution in [3.63, 3.8) is 0 Å². The average molecular weight is 284 g/mol. The van der Waals surface area contributed by atoms with Crippen molar-refractivity contribution in [2.45, 2.75) is 6.54 Å². The minimum atomic E-state index is -0.363. The van der Waals surface area contributed by atoms with Crippen LogP contribution in [0.15, 0.2) is 48.7 Å². The molecule has 106 valence electrons. The van der Waals surface area contributed by atoms with Gasteiger partial charge in [-0.25, -0.2) is 4.39 Å². The van der Waals surface area contributed by atoms with Gasteiger partial charge in [0.25, 0.3) is 5.91 Å². The maximum atomic E-state index is 12.9. The Morgan fingerprint density at radius 3 is 2.71 bits per heavy atom. The summed E-state index contributed by atoms with van der Waals surface area (Å²) in [5.74, 6) is 0.115. The van der Waals surface area contributed by atoms with E-state index in [1.165, 1.54) is 29.2 Å². The summed E-state index contributed by atoms with van der Waals surface area (Å²) in [6, 6.07) is 11.1. The number of hydrogen-bond acceptors (Lipinski definition) is 3. The summed E-state index contributed by atoms with van der Waals surface area (Å²) in [6.07, 6.45) is 1.85. The maximum Gasteiger partial charge on any atom is 0.254 e. The molecule has 1 aromatic carbocycles. The number of carbonyl (C=O) groups is 1. The molecule has 2 aromatic heterocycles. The number of carbonyl (C=O) groups excluding carboxylic acids is 1. The minimum absolute atomic E-state index is 0.192. The van der Waals surface area contributed by atoms with Crippen LogP contribution in [0.25, 0.3) is 5.65 Å². The summed E-state index contributed by atoms with van der Waals surface area (Å²) in [7, 11) is 1.68. The first-order valence-electron chi connectivity index (χ1n) is 6.45. The Balaban J connectivity index is 1.81. The molecule has 1 amide bonds. The molecule has 3 rings (SSSR count). The predicted molar refractivity (Wildman–Crippen MR) is 75.2 cm³/mol. The number of aromatic nitrogens is 3. The fourth-order valence-electron chi connectivity index (χ4n) is 2.10. The lowest BCUT2D eigenvalue weighted by Crippen LogP contribution is -2.27. The summed E-state index contributed by atoms with van der Waals surface area (Å²) in [4.78, 5) is 13.8. The monoisotopic (exact) mass is 284 g/mol. The number of hydrogen-bond donors (Lipinski definition) is 0. The van der Waals surface area contributed by atoms with Gasteiger partial charge in [0.2, 0.25) is 0 Å². The lowest BCUT2D eigenvalue weighted by molar-refractivity contribution is 0.0781. The lowest BCUT2D eigenvalue weighted by atomic mass is 10.2. The number of benzene rings is 1. The summed E-state index contributed by atoms with van der Waals surface area (Å²) in [5, 5.41) is 8.13. The van der Waals surface area contributed by atoms with Crippen LogP contribution in [-0.4, -0.2) is 32.5 Å². The molecule has 0 fully saturated rings. The first-order chi connectivity index (χ1) is 10.1. The smallest absolute Gasteiger partial charge is 0.254 e. The van der Waals surface area contributed by atoms with E-state index in [0.717, 1.165) is 5.65 Å². The van der Waals surface area contributed by atoms with Gasteiger partial charge in [0.05, 0.1) is 6.54 Å². The second-order valence-electron chi connectivity index (χ2n) is 4.71. The van der Waals surface area contributed by atoms with Crippen molar-refractivity contribution in [1.29, 1.82) is 0 Å². The van der Waals surface area contributed by atoms with Crippen LogP contribution in [0.4, 0.5) is 4.39 Å². The number of rotatable bonds is 3. The van der Waals surface area contributed by atoms with Crippen molar-refractivity contribution in [1.82, 2.24) is 19.5 Å². The fraction of sp³-hybridized carbons (Fsp3) is 0.133. The van der Waals surface area contributed by atoms with E-state index in [4.69, 9.17) is 0 Å². The second kappa shape index (κ2) is 5.32. The average Bonchev–Trinajstić information content (AvgIpc) is 2.91. The largest absolute Gasteiger partial charge is 0.334 e. The fourth-order valence-corrected chi connectivity index (χ4v) is 2.10. The van der Waals surface area contributed by atoms with E-state index in [0.29, 0.717) is 17.9 Å². The molecule has 0 atom stereocenters. The van der Waals surface area contributed by atoms with Gasteiger partial charge < -0.3 is 4.90 Å². The quantitative estimate of drug-likeness (QED) is 0.740. The molecule has 0 spiro atoms. The maximum absolute atomic E-state index is 12.9. The third-order valence-electron chi connectivity index (χ3n) is 3.20. The molecule has 0 aliphatic carbocycles. The van der Waals surface area contributed by atoms with Crippen LogP contribution in [0.1, 0.15) is 16.2 Å². The highest BCUT2D eigenvalue weighted by Crippen LogP contribution is 2.09. The normalized spacial score (nSPS) is 10.8. The van der Waals surface area contributed by atoms with E-state index < -0.39 is 0 Å². The van der Waals surface area contributed by atoms with Gasteiger partial charge in [0.15, 0.2) is 11.5 Å². The van der Waals surface area contributed by atoms with Crippen molar-refractivity contribution in [2.75, 3.05) is 7.05 Å². The molecule has 0 radical (unpaired) electrons. The Morgan fingerprint density at radius 1 is 1.19 bits per heavy atom. The first-order valence-corrected chi connectivity index (χ1v) is 6.45. The van der Waals surface area contributed by atoms with Crippen molar-refractivity contribution >= 4 is 11.6 Å². The summed E-state index contributed by atoms with van der Waals surface area (Å²) >= 11 is 0. The lowest BCUT2D eigenvalue weighted by Gasteiger charge is -2.16. The molecular formula is C15H13FN4O. The van der Waals surface area contributed by atoms with E-state index in [2.05, 4.69) is 10.2 Å². The van der Waals surface area contributed by atoms with E-state index in [-0.39, 0.29) is 11.7 Å². The number of fused-ring (bicyclic) bond motifs is 1. The molecule has 5 nitrogen and oxygen atoms in total. The Bertz CT molecular complexity index is 782. The van der Waals surface area contributed by atoms with Crippen LogP contribution in [-0.2, 0) is 6.54 Å². The van der Waals surface area contributed by atoms with Gasteiger partial charge in [-0.2, -0.15) is 0 Å². The van der Waals surface area contributed by atoms with E-state index in [1.807, 2.05) is 28.8 Å². The Kier molecular flexibility index (Phi) is 3.35. The summed E-state index contributed by atoms with van der Waals surface area (Å²) in [5.41, 5.74) is 1.17. The zero-order valence-corrected chi connectivity index (χ0v) is 11.4. The van der Waals surface area contributed by atoms with Gasteiger partial charge in [-0.1, -0.05) is 6.07 Å². The van der Waals surface area contributed by atoms with Gasteiger partial charge in [-0.15, -0.1) is 10.2 Å². The molecule has 0 aliphatic rings. The highest BCUT2D eigenvalue weighted by Gasteiger charge is 2.15. The van der Waals surface area contributed by atoms with Crippen LogP contribution in [0.3, 0.4) is 0 Å². The Morgan fingerprint density at radius 2 is 1.95 bits per heavy atom. The SMILES string of the molecule is CN(Cc1nnc2ccccn12)C(=O)c1ccc(F)cc1. The van der Waals surface area contributed by atoms with Crippen molar-refractivity contribution in [3.8, 4) is 0 Å². The van der Waals surface area contributed by atoms with Crippen LogP contribution in [0, 0.1) is 5.82 Å². The number of amides is 1. The Labute approximate surface area is 120 Å². The van der Waals surface area contributed by atoms with E-state index in [1.54, 1.807) is 7.05 Å². The highest BCUT2D eigenvalue weighted by molar-refractivity contribution is 5.93. The van der Waals surface area contributed by atoms with Crippen LogP contribution in [0.2, 0.25) is 0 Å². The van der Waals surface area contributed by atoms with Gasteiger partial charge >= 0.3 is 0 Å². The number of halogens is 1. The second-order valence-corrected chi connectivity index (χ2v) is 4.71. The van der Waals surface area contributed by atoms with Crippen LogP contribution >= 0.6 is 0 Å². The van der Waals surface area contributed by atoms with E-state index in [9.17, 15) is 9.18 Å². The van der Waals surface area contributed by atoms with Gasteiger partial charge in [-0.05, 0) is 36.4 Å². The zero-order valence-electron chi connectivity index (χ0n) is 11.4. The molecule has 0 saturated heterocycles. The Hall–Kier alpha value is -2.76. The van der Waals surface area contributed by atoms with Gasteiger partial charge in [0, 0.05) is 18.8 Å². The van der Waals surface area contributed by atoms with E-state index >= 15 is 0 Å². The molecule has 0 N–H and O–H groups in total. The van der Waals surface area contributed by atoms with Gasteiger partial charge in [0.1, 0.15) is 5.82 Å². The molecule has 0 saturated carbocycles. The summed E-state index contributed by atoms with van der Waals surface area (Å²) in [6.45, 7) is 0.321. The molecule has 0 bridgehead atoms. The molecule has 6 heteroatoms. The molecule has 0 unspecified atom stereocenters. The molecular weight excluding hydrogens is 271 g/mol. The molecule has 3 aromatic rings. The van der Waals surface area contributed by atoms with Crippen molar-refractivity contribution < 1.29 is 9.18 Å². The molecule has 2 heterocycles. The topological polar surface area (TPSA) is 50.5 Å². The van der Waals surface area contributed by atoms with Crippen LogP contribution < -0.4 is 0 Å². The third-order valence-corrected chi connectivity index (χ3v) is 3.20. The molecule has 0 aliphatic heterocycles. The number of pyridine rings is 1. The zero-order chi connectivity index (χ0) is 14.8.